The minimum atomic E-state index is -3.00. The van der Waals surface area contributed by atoms with Crippen molar-refractivity contribution in [2.24, 2.45) is 0 Å². The molecule has 1 aliphatic heterocycles. The number of aromatic nitrogens is 2. The number of halogens is 1. The lowest BCUT2D eigenvalue weighted by atomic mass is 10.0. The van der Waals surface area contributed by atoms with Crippen molar-refractivity contribution < 1.29 is 8.42 Å². The first-order chi connectivity index (χ1) is 9.79. The van der Waals surface area contributed by atoms with Crippen molar-refractivity contribution in [2.75, 3.05) is 17.2 Å². The average Bonchev–Trinajstić information content (AvgIpc) is 2.91. The summed E-state index contributed by atoms with van der Waals surface area (Å²) >= 11 is 5.99. The fourth-order valence-electron chi connectivity index (χ4n) is 2.70. The lowest BCUT2D eigenvalue weighted by Gasteiger charge is -2.22. The van der Waals surface area contributed by atoms with Gasteiger partial charge in [-0.1, -0.05) is 23.7 Å². The number of anilines is 1. The molecule has 2 heterocycles. The molecule has 1 fully saturated rings. The highest BCUT2D eigenvalue weighted by Gasteiger charge is 2.40. The number of hydrogen-bond acceptors (Lipinski definition) is 4. The molecule has 1 saturated heterocycles. The van der Waals surface area contributed by atoms with Crippen LogP contribution in [-0.4, -0.2) is 29.7 Å². The van der Waals surface area contributed by atoms with Crippen molar-refractivity contribution >= 4 is 27.1 Å². The average molecular weight is 326 g/mol. The second kappa shape index (κ2) is 4.74. The molecule has 1 unspecified atom stereocenters. The number of benzene rings is 1. The van der Waals surface area contributed by atoms with Crippen LogP contribution in [0.2, 0.25) is 5.02 Å². The molecule has 0 aliphatic carbocycles. The smallest absolute Gasteiger partial charge is 0.152 e. The van der Waals surface area contributed by atoms with E-state index in [1.54, 1.807) is 23.0 Å². The van der Waals surface area contributed by atoms with E-state index < -0.39 is 15.4 Å². The molecule has 1 aromatic carbocycles. The van der Waals surface area contributed by atoms with Gasteiger partial charge in [0.2, 0.25) is 0 Å². The van der Waals surface area contributed by atoms with E-state index in [0.29, 0.717) is 22.8 Å². The zero-order chi connectivity index (χ0) is 15.3. The monoisotopic (exact) mass is 325 g/mol. The Bertz CT molecular complexity index is 800. The van der Waals surface area contributed by atoms with Gasteiger partial charge in [0, 0.05) is 16.8 Å². The van der Waals surface area contributed by atoms with Gasteiger partial charge in [-0.25, -0.2) is 8.42 Å². The van der Waals surface area contributed by atoms with Gasteiger partial charge in [0.15, 0.2) is 9.84 Å². The number of nitrogen functional groups attached to an aromatic ring is 1. The van der Waals surface area contributed by atoms with Gasteiger partial charge in [-0.2, -0.15) is 5.10 Å². The van der Waals surface area contributed by atoms with Crippen LogP contribution in [0.3, 0.4) is 0 Å². The van der Waals surface area contributed by atoms with Gasteiger partial charge in [0.25, 0.3) is 0 Å². The first kappa shape index (κ1) is 14.4. The van der Waals surface area contributed by atoms with Gasteiger partial charge in [0.1, 0.15) is 5.69 Å². The Morgan fingerprint density at radius 2 is 2.19 bits per heavy atom. The minimum absolute atomic E-state index is 0.0934. The summed E-state index contributed by atoms with van der Waals surface area (Å²) in [7, 11) is -3.00. The highest BCUT2D eigenvalue weighted by Crippen LogP contribution is 2.34. The van der Waals surface area contributed by atoms with Crippen LogP contribution in [0.1, 0.15) is 13.3 Å². The molecule has 2 aromatic rings. The summed E-state index contributed by atoms with van der Waals surface area (Å²) in [5.41, 5.74) is 7.47. The molecule has 0 bridgehead atoms. The highest BCUT2D eigenvalue weighted by atomic mass is 35.5. The van der Waals surface area contributed by atoms with E-state index in [1.807, 2.05) is 19.1 Å². The normalized spacial score (nSPS) is 24.3. The third kappa shape index (κ3) is 2.65. The van der Waals surface area contributed by atoms with Gasteiger partial charge < -0.3 is 5.73 Å². The summed E-state index contributed by atoms with van der Waals surface area (Å²) in [5.74, 6) is 0.284. The van der Waals surface area contributed by atoms with Gasteiger partial charge in [-0.05, 0) is 25.5 Å². The highest BCUT2D eigenvalue weighted by molar-refractivity contribution is 7.91. The molecule has 1 atom stereocenters. The van der Waals surface area contributed by atoms with Crippen molar-refractivity contribution in [3.05, 3.63) is 35.5 Å². The van der Waals surface area contributed by atoms with Crippen LogP contribution >= 0.6 is 11.6 Å². The second-order valence-corrected chi connectivity index (χ2v) is 8.35. The molecular weight excluding hydrogens is 310 g/mol. The Hall–Kier alpha value is -1.53. The van der Waals surface area contributed by atoms with Crippen molar-refractivity contribution in [2.45, 2.75) is 18.9 Å². The Balaban J connectivity index is 2.03. The van der Waals surface area contributed by atoms with Crippen LogP contribution < -0.4 is 5.73 Å². The fraction of sp³-hybridized carbons (Fsp3) is 0.357. The molecule has 1 aliphatic rings. The topological polar surface area (TPSA) is 78.0 Å². The van der Waals surface area contributed by atoms with E-state index in [1.165, 1.54) is 0 Å². The van der Waals surface area contributed by atoms with E-state index in [9.17, 15) is 8.42 Å². The molecule has 0 saturated carbocycles. The Morgan fingerprint density at radius 3 is 2.81 bits per heavy atom. The predicted molar refractivity (Wildman–Crippen MR) is 84.0 cm³/mol. The summed E-state index contributed by atoms with van der Waals surface area (Å²) in [5, 5.41) is 5.12. The molecule has 7 heteroatoms. The maximum Gasteiger partial charge on any atom is 0.152 e. The second-order valence-electron chi connectivity index (χ2n) is 5.73. The molecule has 3 rings (SSSR count). The van der Waals surface area contributed by atoms with Crippen LogP contribution in [0.5, 0.6) is 0 Å². The first-order valence-corrected chi connectivity index (χ1v) is 8.81. The van der Waals surface area contributed by atoms with E-state index >= 15 is 0 Å². The number of rotatable bonds is 2. The zero-order valence-corrected chi connectivity index (χ0v) is 13.2. The molecule has 21 heavy (non-hydrogen) atoms. The Morgan fingerprint density at radius 1 is 1.43 bits per heavy atom. The van der Waals surface area contributed by atoms with Crippen molar-refractivity contribution in [3.63, 3.8) is 0 Å². The van der Waals surface area contributed by atoms with Gasteiger partial charge >= 0.3 is 0 Å². The fourth-order valence-corrected chi connectivity index (χ4v) is 5.01. The van der Waals surface area contributed by atoms with Crippen LogP contribution in [0.25, 0.3) is 11.3 Å². The van der Waals surface area contributed by atoms with Crippen molar-refractivity contribution in [3.8, 4) is 11.3 Å². The zero-order valence-electron chi connectivity index (χ0n) is 11.6. The summed E-state index contributed by atoms with van der Waals surface area (Å²) < 4.78 is 25.2. The molecule has 0 radical (unpaired) electrons. The van der Waals surface area contributed by atoms with Crippen LogP contribution in [0.15, 0.2) is 30.5 Å². The standard InChI is InChI=1S/C14H16ClN3O2S/c1-14(5-6-21(19,20)9-14)18-8-12(16)13(17-18)10-3-2-4-11(15)7-10/h2-4,7-8H,5-6,9,16H2,1H3. The molecule has 112 valence electrons. The third-order valence-corrected chi connectivity index (χ3v) is 6.00. The summed E-state index contributed by atoms with van der Waals surface area (Å²) in [6.45, 7) is 1.89. The lowest BCUT2D eigenvalue weighted by Crippen LogP contribution is -2.31. The number of sulfone groups is 1. The van der Waals surface area contributed by atoms with E-state index in [4.69, 9.17) is 17.3 Å². The summed E-state index contributed by atoms with van der Waals surface area (Å²) in [6.07, 6.45) is 2.25. The first-order valence-electron chi connectivity index (χ1n) is 6.61. The van der Waals surface area contributed by atoms with Crippen LogP contribution in [0, 0.1) is 0 Å². The molecular formula is C14H16ClN3O2S. The van der Waals surface area contributed by atoms with Crippen molar-refractivity contribution in [1.29, 1.82) is 0 Å². The van der Waals surface area contributed by atoms with Gasteiger partial charge in [-0.15, -0.1) is 0 Å². The number of nitrogens with zero attached hydrogens (tertiary/aromatic N) is 2. The van der Waals surface area contributed by atoms with E-state index in [0.717, 1.165) is 5.56 Å². The largest absolute Gasteiger partial charge is 0.396 e. The predicted octanol–water partition coefficient (Wildman–Crippen LogP) is 2.32. The Kier molecular flexibility index (Phi) is 3.26. The maximum atomic E-state index is 11.7. The minimum Gasteiger partial charge on any atom is -0.396 e. The number of hydrogen-bond donors (Lipinski definition) is 1. The third-order valence-electron chi connectivity index (χ3n) is 3.88. The summed E-state index contributed by atoms with van der Waals surface area (Å²) in [6, 6.07) is 7.28. The van der Waals surface area contributed by atoms with Gasteiger partial charge in [0.05, 0.1) is 22.7 Å². The maximum absolute atomic E-state index is 11.7. The molecule has 1 aromatic heterocycles. The van der Waals surface area contributed by atoms with E-state index in [-0.39, 0.29) is 11.5 Å². The SMILES string of the molecule is CC1(n2cc(N)c(-c3cccc(Cl)c3)n2)CCS(=O)(=O)C1. The van der Waals surface area contributed by atoms with Gasteiger partial charge in [-0.3, -0.25) is 4.68 Å². The van der Waals surface area contributed by atoms with Crippen LogP contribution in [-0.2, 0) is 15.4 Å². The molecule has 2 N–H and O–H groups in total. The molecule has 0 spiro atoms. The van der Waals surface area contributed by atoms with Crippen LogP contribution in [0.4, 0.5) is 5.69 Å². The number of nitrogens with two attached hydrogens (primary N) is 1. The Labute approximate surface area is 128 Å². The van der Waals surface area contributed by atoms with Crippen molar-refractivity contribution in [1.82, 2.24) is 9.78 Å². The lowest BCUT2D eigenvalue weighted by molar-refractivity contribution is 0.329. The molecule has 5 nitrogen and oxygen atoms in total. The quantitative estimate of drug-likeness (QED) is 0.919. The summed E-state index contributed by atoms with van der Waals surface area (Å²) in [4.78, 5) is 0. The van der Waals surface area contributed by atoms with E-state index in [2.05, 4.69) is 5.10 Å². The molecule has 0 amide bonds.